The fraction of sp³-hybridized carbons (Fsp3) is 0.350. The first kappa shape index (κ1) is 15.8. The van der Waals surface area contributed by atoms with E-state index in [1.54, 1.807) is 29.4 Å². The van der Waals surface area contributed by atoms with Crippen LogP contribution in [-0.2, 0) is 4.79 Å². The average Bonchev–Trinajstić information content (AvgIpc) is 3.19. The summed E-state index contributed by atoms with van der Waals surface area (Å²) < 4.78 is 0. The van der Waals surface area contributed by atoms with E-state index in [1.165, 1.54) is 0 Å². The Morgan fingerprint density at radius 3 is 2.52 bits per heavy atom. The normalized spacial score (nSPS) is 25.8. The van der Waals surface area contributed by atoms with Gasteiger partial charge in [-0.1, -0.05) is 30.3 Å². The van der Waals surface area contributed by atoms with Gasteiger partial charge in [-0.05, 0) is 24.1 Å². The number of amides is 2. The van der Waals surface area contributed by atoms with E-state index in [9.17, 15) is 9.59 Å². The van der Waals surface area contributed by atoms with Crippen molar-refractivity contribution in [3.63, 3.8) is 0 Å². The van der Waals surface area contributed by atoms with Gasteiger partial charge in [0.15, 0.2) is 0 Å². The number of likely N-dealkylation sites (tertiary alicyclic amines) is 2. The SMILES string of the molecule is CN1CC[C@@]2(CN(C(=O)c3ccncc3)C[C@@H]2c2ccccc2)C1=O. The predicted octanol–water partition coefficient (Wildman–Crippen LogP) is 2.17. The number of pyridine rings is 1. The maximum absolute atomic E-state index is 13.0. The first-order chi connectivity index (χ1) is 12.1. The summed E-state index contributed by atoms with van der Waals surface area (Å²) in [5.74, 6) is 0.172. The predicted molar refractivity (Wildman–Crippen MR) is 94.0 cm³/mol. The largest absolute Gasteiger partial charge is 0.345 e. The lowest BCUT2D eigenvalue weighted by Crippen LogP contribution is -2.39. The second-order valence-electron chi connectivity index (χ2n) is 7.02. The Morgan fingerprint density at radius 1 is 1.16 bits per heavy atom. The van der Waals surface area contributed by atoms with Crippen LogP contribution in [0.25, 0.3) is 0 Å². The van der Waals surface area contributed by atoms with Gasteiger partial charge in [-0.2, -0.15) is 0 Å². The molecule has 128 valence electrons. The van der Waals surface area contributed by atoms with E-state index >= 15 is 0 Å². The summed E-state index contributed by atoms with van der Waals surface area (Å²) in [4.78, 5) is 33.5. The summed E-state index contributed by atoms with van der Waals surface area (Å²) in [5, 5.41) is 0. The Bertz CT molecular complexity index is 793. The zero-order valence-corrected chi connectivity index (χ0v) is 14.3. The summed E-state index contributed by atoms with van der Waals surface area (Å²) in [7, 11) is 1.85. The molecule has 0 saturated carbocycles. The molecule has 0 unspecified atom stereocenters. The van der Waals surface area contributed by atoms with Crippen LogP contribution in [0.15, 0.2) is 54.9 Å². The fourth-order valence-electron chi connectivity index (χ4n) is 4.28. The molecule has 2 aliphatic rings. The third kappa shape index (κ3) is 2.51. The molecule has 2 fully saturated rings. The molecule has 2 saturated heterocycles. The van der Waals surface area contributed by atoms with Gasteiger partial charge >= 0.3 is 0 Å². The van der Waals surface area contributed by atoms with Gasteiger partial charge in [0, 0.05) is 50.6 Å². The van der Waals surface area contributed by atoms with Crippen LogP contribution in [-0.4, -0.2) is 53.3 Å². The van der Waals surface area contributed by atoms with Gasteiger partial charge in [0.05, 0.1) is 5.41 Å². The molecule has 0 bridgehead atoms. The van der Waals surface area contributed by atoms with Crippen LogP contribution in [0.4, 0.5) is 0 Å². The Labute approximate surface area is 147 Å². The molecule has 5 heteroatoms. The second kappa shape index (κ2) is 5.99. The van der Waals surface area contributed by atoms with Crippen molar-refractivity contribution in [1.29, 1.82) is 0 Å². The molecule has 5 nitrogen and oxygen atoms in total. The van der Waals surface area contributed by atoms with Crippen molar-refractivity contribution < 1.29 is 9.59 Å². The van der Waals surface area contributed by atoms with Gasteiger partial charge in [-0.15, -0.1) is 0 Å². The smallest absolute Gasteiger partial charge is 0.254 e. The number of hydrogen-bond acceptors (Lipinski definition) is 3. The number of aromatic nitrogens is 1. The minimum absolute atomic E-state index is 0.0254. The molecule has 1 aromatic heterocycles. The van der Waals surface area contributed by atoms with E-state index in [2.05, 4.69) is 17.1 Å². The molecule has 2 aromatic rings. The lowest BCUT2D eigenvalue weighted by atomic mass is 9.73. The van der Waals surface area contributed by atoms with Crippen molar-refractivity contribution in [3.05, 3.63) is 66.0 Å². The van der Waals surface area contributed by atoms with Crippen molar-refractivity contribution in [2.45, 2.75) is 12.3 Å². The zero-order valence-electron chi connectivity index (χ0n) is 14.3. The summed E-state index contributed by atoms with van der Waals surface area (Å²) in [6.07, 6.45) is 4.05. The topological polar surface area (TPSA) is 53.5 Å². The molecular weight excluding hydrogens is 314 g/mol. The minimum atomic E-state index is -0.501. The number of benzene rings is 1. The van der Waals surface area contributed by atoms with Crippen LogP contribution in [0.3, 0.4) is 0 Å². The molecule has 2 aliphatic heterocycles. The molecule has 2 atom stereocenters. The zero-order chi connectivity index (χ0) is 17.4. The van der Waals surface area contributed by atoms with Gasteiger partial charge in [0.1, 0.15) is 0 Å². The third-order valence-electron chi connectivity index (χ3n) is 5.63. The van der Waals surface area contributed by atoms with Crippen LogP contribution in [0.2, 0.25) is 0 Å². The van der Waals surface area contributed by atoms with Gasteiger partial charge < -0.3 is 9.80 Å². The van der Waals surface area contributed by atoms with Crippen LogP contribution in [0, 0.1) is 5.41 Å². The summed E-state index contributed by atoms with van der Waals surface area (Å²) in [6, 6.07) is 13.6. The van der Waals surface area contributed by atoms with E-state index in [0.29, 0.717) is 18.7 Å². The van der Waals surface area contributed by atoms with Gasteiger partial charge in [0.2, 0.25) is 5.91 Å². The Morgan fingerprint density at radius 2 is 1.88 bits per heavy atom. The number of carbonyl (C=O) groups is 2. The highest BCUT2D eigenvalue weighted by Gasteiger charge is 2.57. The van der Waals surface area contributed by atoms with E-state index in [0.717, 1.165) is 18.5 Å². The van der Waals surface area contributed by atoms with Crippen LogP contribution in [0.5, 0.6) is 0 Å². The van der Waals surface area contributed by atoms with Crippen LogP contribution >= 0.6 is 0 Å². The van der Waals surface area contributed by atoms with Crippen molar-refractivity contribution in [2.75, 3.05) is 26.7 Å². The fourth-order valence-corrected chi connectivity index (χ4v) is 4.28. The summed E-state index contributed by atoms with van der Waals surface area (Å²) in [6.45, 7) is 1.81. The molecule has 0 radical (unpaired) electrons. The quantitative estimate of drug-likeness (QED) is 0.845. The Balaban J connectivity index is 1.70. The van der Waals surface area contributed by atoms with Crippen molar-refractivity contribution >= 4 is 11.8 Å². The van der Waals surface area contributed by atoms with Gasteiger partial charge in [-0.3, -0.25) is 14.6 Å². The summed E-state index contributed by atoms with van der Waals surface area (Å²) in [5.41, 5.74) is 1.26. The lowest BCUT2D eigenvalue weighted by molar-refractivity contribution is -0.134. The Hall–Kier alpha value is -2.69. The van der Waals surface area contributed by atoms with E-state index in [1.807, 2.05) is 30.1 Å². The van der Waals surface area contributed by atoms with Crippen molar-refractivity contribution in [2.24, 2.45) is 5.41 Å². The Kier molecular flexibility index (Phi) is 3.79. The summed E-state index contributed by atoms with van der Waals surface area (Å²) >= 11 is 0. The number of carbonyl (C=O) groups excluding carboxylic acids is 2. The molecule has 1 spiro atoms. The monoisotopic (exact) mass is 335 g/mol. The van der Waals surface area contributed by atoms with Crippen molar-refractivity contribution in [1.82, 2.24) is 14.8 Å². The molecule has 25 heavy (non-hydrogen) atoms. The minimum Gasteiger partial charge on any atom is -0.345 e. The standard InChI is InChI=1S/C20H21N3O2/c1-22-12-9-20(19(22)25)14-23(18(24)16-7-10-21-11-8-16)13-17(20)15-5-3-2-4-6-15/h2-8,10-11,17H,9,12-14H2,1H3/t17-,20+/m1/s1. The van der Waals surface area contributed by atoms with E-state index in [4.69, 9.17) is 0 Å². The molecule has 0 aliphatic carbocycles. The lowest BCUT2D eigenvalue weighted by Gasteiger charge is -2.28. The molecule has 1 aromatic carbocycles. The van der Waals surface area contributed by atoms with Crippen LogP contribution < -0.4 is 0 Å². The number of hydrogen-bond donors (Lipinski definition) is 0. The van der Waals surface area contributed by atoms with E-state index < -0.39 is 5.41 Å². The maximum atomic E-state index is 13.0. The molecule has 3 heterocycles. The third-order valence-corrected chi connectivity index (χ3v) is 5.63. The molecular formula is C20H21N3O2. The van der Waals surface area contributed by atoms with E-state index in [-0.39, 0.29) is 17.7 Å². The molecule has 0 N–H and O–H groups in total. The number of rotatable bonds is 2. The molecule has 2 amide bonds. The highest BCUT2D eigenvalue weighted by atomic mass is 16.2. The average molecular weight is 335 g/mol. The maximum Gasteiger partial charge on any atom is 0.254 e. The first-order valence-corrected chi connectivity index (χ1v) is 8.62. The van der Waals surface area contributed by atoms with Gasteiger partial charge in [-0.25, -0.2) is 0 Å². The van der Waals surface area contributed by atoms with Crippen LogP contribution in [0.1, 0.15) is 28.3 Å². The molecule has 4 rings (SSSR count). The highest BCUT2D eigenvalue weighted by Crippen LogP contribution is 2.49. The second-order valence-corrected chi connectivity index (χ2v) is 7.02. The van der Waals surface area contributed by atoms with Gasteiger partial charge in [0.25, 0.3) is 5.91 Å². The van der Waals surface area contributed by atoms with Crippen molar-refractivity contribution in [3.8, 4) is 0 Å². The first-order valence-electron chi connectivity index (χ1n) is 8.62. The highest BCUT2D eigenvalue weighted by molar-refractivity contribution is 5.96. The number of nitrogens with zero attached hydrogens (tertiary/aromatic N) is 3.